The van der Waals surface area contributed by atoms with Crippen LogP contribution >= 0.6 is 0 Å². The van der Waals surface area contributed by atoms with E-state index in [4.69, 9.17) is 0 Å². The van der Waals surface area contributed by atoms with Crippen molar-refractivity contribution in [3.05, 3.63) is 35.7 Å². The fourth-order valence-corrected chi connectivity index (χ4v) is 1.29. The Morgan fingerprint density at radius 1 is 1.26 bits per heavy atom. The van der Waals surface area contributed by atoms with Crippen LogP contribution in [-0.4, -0.2) is 23.5 Å². The summed E-state index contributed by atoms with van der Waals surface area (Å²) < 4.78 is 41.0. The van der Waals surface area contributed by atoms with Gasteiger partial charge in [-0.25, -0.2) is 0 Å². The molecule has 8 heteroatoms. The Bertz CT molecular complexity index is 576. The minimum Gasteiger partial charge on any atom is -0.399 e. The molecule has 0 bridgehead atoms. The highest BCUT2D eigenvalue weighted by atomic mass is 19.4. The van der Waals surface area contributed by atoms with Crippen LogP contribution in [0.1, 0.15) is 11.5 Å². The third-order valence-electron chi connectivity index (χ3n) is 2.14. The van der Waals surface area contributed by atoms with Gasteiger partial charge in [0.1, 0.15) is 7.11 Å². The Balaban J connectivity index is 2.23. The van der Waals surface area contributed by atoms with Gasteiger partial charge >= 0.3 is 12.1 Å². The lowest BCUT2D eigenvalue weighted by atomic mass is 10.1. The number of benzene rings is 1. The second-order valence-electron chi connectivity index (χ2n) is 3.46. The fraction of sp³-hybridized carbons (Fsp3) is 0.182. The van der Waals surface area contributed by atoms with Crippen molar-refractivity contribution in [2.75, 3.05) is 7.11 Å². The molecule has 0 amide bonds. The highest BCUT2D eigenvalue weighted by molar-refractivity contribution is 5.80. The van der Waals surface area contributed by atoms with Crippen LogP contribution in [0.25, 0.3) is 11.4 Å². The van der Waals surface area contributed by atoms with Crippen LogP contribution in [0.2, 0.25) is 0 Å². The molecule has 0 radical (unpaired) electrons. The molecular weight excluding hydrogens is 263 g/mol. The summed E-state index contributed by atoms with van der Waals surface area (Å²) in [4.78, 5) is 7.79. The van der Waals surface area contributed by atoms with E-state index in [1.54, 1.807) is 24.3 Å². The summed E-state index contributed by atoms with van der Waals surface area (Å²) in [5.74, 6) is -1.49. The summed E-state index contributed by atoms with van der Waals surface area (Å²) in [5, 5.41) is 6.84. The standard InChI is InChI=1S/C11H8F3N3O2/c1-18-15-6-7-2-4-8(5-3-7)9-16-10(19-17-9)11(12,13)14/h2-6H,1H3/b15-6+. The number of hydrogen-bond donors (Lipinski definition) is 0. The second-order valence-corrected chi connectivity index (χ2v) is 3.46. The molecule has 1 aromatic heterocycles. The molecule has 5 nitrogen and oxygen atoms in total. The van der Waals surface area contributed by atoms with E-state index in [9.17, 15) is 13.2 Å². The maximum absolute atomic E-state index is 12.3. The van der Waals surface area contributed by atoms with Crippen molar-refractivity contribution < 1.29 is 22.5 Å². The maximum Gasteiger partial charge on any atom is 0.471 e. The average molecular weight is 271 g/mol. The van der Waals surface area contributed by atoms with Gasteiger partial charge in [0.2, 0.25) is 5.82 Å². The van der Waals surface area contributed by atoms with Crippen LogP contribution in [0, 0.1) is 0 Å². The van der Waals surface area contributed by atoms with Crippen LogP contribution in [0.3, 0.4) is 0 Å². The maximum atomic E-state index is 12.3. The van der Waals surface area contributed by atoms with Crippen LogP contribution in [0.5, 0.6) is 0 Å². The number of halogens is 3. The molecule has 0 fully saturated rings. The number of rotatable bonds is 3. The second kappa shape index (κ2) is 5.09. The van der Waals surface area contributed by atoms with Crippen molar-refractivity contribution in [3.8, 4) is 11.4 Å². The highest BCUT2D eigenvalue weighted by Crippen LogP contribution is 2.29. The molecule has 0 unspecified atom stereocenters. The summed E-state index contributed by atoms with van der Waals surface area (Å²) in [6.07, 6.45) is -3.18. The molecule has 1 aromatic carbocycles. The summed E-state index contributed by atoms with van der Waals surface area (Å²) in [5.41, 5.74) is 1.14. The zero-order valence-electron chi connectivity index (χ0n) is 9.68. The third kappa shape index (κ3) is 3.09. The minimum atomic E-state index is -4.64. The molecule has 100 valence electrons. The van der Waals surface area contributed by atoms with Crippen molar-refractivity contribution in [3.63, 3.8) is 0 Å². The third-order valence-corrected chi connectivity index (χ3v) is 2.14. The lowest BCUT2D eigenvalue weighted by Crippen LogP contribution is -2.04. The van der Waals surface area contributed by atoms with Gasteiger partial charge in [0.25, 0.3) is 0 Å². The molecule has 1 heterocycles. The molecule has 0 N–H and O–H groups in total. The Hall–Kier alpha value is -2.38. The van der Waals surface area contributed by atoms with Crippen molar-refractivity contribution >= 4 is 6.21 Å². The first-order chi connectivity index (χ1) is 9.00. The van der Waals surface area contributed by atoms with Gasteiger partial charge in [-0.2, -0.15) is 18.2 Å². The predicted octanol–water partition coefficient (Wildman–Crippen LogP) is 2.74. The molecule has 0 saturated heterocycles. The molecule has 2 aromatic rings. The number of hydrogen-bond acceptors (Lipinski definition) is 5. The lowest BCUT2D eigenvalue weighted by Gasteiger charge is -1.97. The van der Waals surface area contributed by atoms with E-state index in [0.29, 0.717) is 5.56 Å². The van der Waals surface area contributed by atoms with Crippen molar-refractivity contribution in [1.29, 1.82) is 0 Å². The van der Waals surface area contributed by atoms with E-state index >= 15 is 0 Å². The molecule has 0 saturated carbocycles. The first-order valence-corrected chi connectivity index (χ1v) is 5.08. The van der Waals surface area contributed by atoms with E-state index in [1.807, 2.05) is 0 Å². The number of aromatic nitrogens is 2. The van der Waals surface area contributed by atoms with Crippen molar-refractivity contribution in [2.45, 2.75) is 6.18 Å². The van der Waals surface area contributed by atoms with Gasteiger partial charge in [-0.1, -0.05) is 34.6 Å². The zero-order chi connectivity index (χ0) is 13.9. The highest BCUT2D eigenvalue weighted by Gasteiger charge is 2.38. The van der Waals surface area contributed by atoms with Gasteiger partial charge in [0.05, 0.1) is 6.21 Å². The Kier molecular flexibility index (Phi) is 3.50. The van der Waals surface area contributed by atoms with E-state index in [-0.39, 0.29) is 5.82 Å². The molecule has 0 aliphatic rings. The molecule has 19 heavy (non-hydrogen) atoms. The van der Waals surface area contributed by atoms with Gasteiger partial charge in [-0.3, -0.25) is 0 Å². The van der Waals surface area contributed by atoms with Crippen LogP contribution in [-0.2, 0) is 11.0 Å². The van der Waals surface area contributed by atoms with Crippen LogP contribution in [0.15, 0.2) is 33.9 Å². The van der Waals surface area contributed by atoms with Gasteiger partial charge in [-0.15, -0.1) is 0 Å². The topological polar surface area (TPSA) is 60.5 Å². The Morgan fingerprint density at radius 2 is 1.95 bits per heavy atom. The summed E-state index contributed by atoms with van der Waals surface area (Å²) >= 11 is 0. The van der Waals surface area contributed by atoms with E-state index in [2.05, 4.69) is 24.7 Å². The van der Waals surface area contributed by atoms with E-state index in [0.717, 1.165) is 5.56 Å². The summed E-state index contributed by atoms with van der Waals surface area (Å²) in [6.45, 7) is 0. The SMILES string of the molecule is CO/N=C/c1ccc(-c2noc(C(F)(F)F)n2)cc1. The van der Waals surface area contributed by atoms with Crippen LogP contribution in [0.4, 0.5) is 13.2 Å². The van der Waals surface area contributed by atoms with E-state index < -0.39 is 12.1 Å². The predicted molar refractivity (Wildman–Crippen MR) is 59.3 cm³/mol. The lowest BCUT2D eigenvalue weighted by molar-refractivity contribution is -0.159. The summed E-state index contributed by atoms with van der Waals surface area (Å²) in [7, 11) is 1.41. The van der Waals surface area contributed by atoms with Gasteiger partial charge in [-0.05, 0) is 5.56 Å². The minimum absolute atomic E-state index is 0.123. The molecule has 0 spiro atoms. The van der Waals surface area contributed by atoms with Gasteiger partial charge < -0.3 is 9.36 Å². The molecule has 0 atom stereocenters. The fourth-order valence-electron chi connectivity index (χ4n) is 1.29. The van der Waals surface area contributed by atoms with Crippen molar-refractivity contribution in [2.24, 2.45) is 5.16 Å². The zero-order valence-corrected chi connectivity index (χ0v) is 9.68. The molecular formula is C11H8F3N3O2. The number of nitrogens with zero attached hydrogens (tertiary/aromatic N) is 3. The van der Waals surface area contributed by atoms with E-state index in [1.165, 1.54) is 13.3 Å². The largest absolute Gasteiger partial charge is 0.471 e. The quantitative estimate of drug-likeness (QED) is 0.636. The monoisotopic (exact) mass is 271 g/mol. The molecule has 0 aliphatic heterocycles. The smallest absolute Gasteiger partial charge is 0.399 e. The molecule has 0 aliphatic carbocycles. The first-order valence-electron chi connectivity index (χ1n) is 5.08. The summed E-state index contributed by atoms with van der Waals surface area (Å²) in [6, 6.07) is 6.40. The molecule has 2 rings (SSSR count). The average Bonchev–Trinajstić information content (AvgIpc) is 2.86. The van der Waals surface area contributed by atoms with Gasteiger partial charge in [0, 0.05) is 5.56 Å². The van der Waals surface area contributed by atoms with Gasteiger partial charge in [0.15, 0.2) is 0 Å². The van der Waals surface area contributed by atoms with Crippen molar-refractivity contribution in [1.82, 2.24) is 10.1 Å². The van der Waals surface area contributed by atoms with Crippen LogP contribution < -0.4 is 0 Å². The number of oxime groups is 1. The normalized spacial score (nSPS) is 12.0. The Labute approximate surface area is 105 Å². The Morgan fingerprint density at radius 3 is 2.47 bits per heavy atom. The first kappa shape index (κ1) is 13.1. The number of alkyl halides is 3.